The van der Waals surface area contributed by atoms with Crippen molar-refractivity contribution >= 4 is 11.7 Å². The molecule has 1 atom stereocenters. The Balaban J connectivity index is 2.55. The van der Waals surface area contributed by atoms with Crippen LogP contribution in [0.5, 0.6) is 0 Å². The van der Waals surface area contributed by atoms with Crippen molar-refractivity contribution in [1.29, 1.82) is 0 Å². The molecule has 0 saturated heterocycles. The monoisotopic (exact) mass is 295 g/mol. The van der Waals surface area contributed by atoms with Gasteiger partial charge in [-0.15, -0.1) is 0 Å². The molecule has 1 unspecified atom stereocenters. The summed E-state index contributed by atoms with van der Waals surface area (Å²) in [6.45, 7) is 6.60. The maximum Gasteiger partial charge on any atom is 0.337 e. The van der Waals surface area contributed by atoms with Crippen molar-refractivity contribution in [2.45, 2.75) is 32.5 Å². The van der Waals surface area contributed by atoms with Crippen LogP contribution in [-0.4, -0.2) is 50.1 Å². The average Bonchev–Trinajstić information content (AvgIpc) is 2.43. The minimum absolute atomic E-state index is 0.262. The Bertz CT molecular complexity index is 450. The summed E-state index contributed by atoms with van der Waals surface area (Å²) >= 11 is 0. The van der Waals surface area contributed by atoms with Crippen molar-refractivity contribution in [2.24, 2.45) is 0 Å². The number of ether oxygens (including phenoxy) is 2. The van der Waals surface area contributed by atoms with Crippen LogP contribution < -0.4 is 4.90 Å². The maximum atomic E-state index is 11.4. The number of nitrogens with zero attached hydrogens (tertiary/aromatic N) is 1. The Morgan fingerprint density at radius 1 is 1.29 bits per heavy atom. The van der Waals surface area contributed by atoms with E-state index in [0.29, 0.717) is 12.1 Å². The third kappa shape index (κ3) is 6.14. The van der Waals surface area contributed by atoms with Crippen LogP contribution >= 0.6 is 0 Å². The van der Waals surface area contributed by atoms with Crippen LogP contribution in [0.1, 0.15) is 31.1 Å². The SMILES string of the molecule is COC(=O)c1ccc(N(C)CC(O)COC(C)(C)C)cc1. The molecular weight excluding hydrogens is 270 g/mol. The quantitative estimate of drug-likeness (QED) is 0.814. The topological polar surface area (TPSA) is 59.0 Å². The van der Waals surface area contributed by atoms with Gasteiger partial charge in [0.25, 0.3) is 0 Å². The second kappa shape index (κ2) is 7.43. The Labute approximate surface area is 126 Å². The van der Waals surface area contributed by atoms with Crippen LogP contribution in [0, 0.1) is 0 Å². The van der Waals surface area contributed by atoms with Crippen molar-refractivity contribution < 1.29 is 19.4 Å². The summed E-state index contributed by atoms with van der Waals surface area (Å²) in [5, 5.41) is 9.98. The second-order valence-electron chi connectivity index (χ2n) is 6.00. The van der Waals surface area contributed by atoms with Gasteiger partial charge < -0.3 is 19.5 Å². The second-order valence-corrected chi connectivity index (χ2v) is 6.00. The van der Waals surface area contributed by atoms with Crippen molar-refractivity contribution in [2.75, 3.05) is 32.2 Å². The lowest BCUT2D eigenvalue weighted by atomic mass is 10.2. The lowest BCUT2D eigenvalue weighted by Crippen LogP contribution is -2.35. The van der Waals surface area contributed by atoms with E-state index < -0.39 is 6.10 Å². The molecule has 0 bridgehead atoms. The third-order valence-corrected chi connectivity index (χ3v) is 2.92. The number of hydrogen-bond donors (Lipinski definition) is 1. The Hall–Kier alpha value is -1.59. The molecule has 0 amide bonds. The molecule has 0 aromatic heterocycles. The van der Waals surface area contributed by atoms with E-state index in [1.165, 1.54) is 7.11 Å². The van der Waals surface area contributed by atoms with Gasteiger partial charge in [0.05, 0.1) is 31.0 Å². The van der Waals surface area contributed by atoms with Gasteiger partial charge in [-0.1, -0.05) is 0 Å². The number of methoxy groups -OCH3 is 1. The highest BCUT2D eigenvalue weighted by molar-refractivity contribution is 5.89. The molecule has 0 fully saturated rings. The van der Waals surface area contributed by atoms with Crippen LogP contribution in [0.4, 0.5) is 5.69 Å². The summed E-state index contributed by atoms with van der Waals surface area (Å²) in [5.74, 6) is -0.359. The van der Waals surface area contributed by atoms with Gasteiger partial charge in [0, 0.05) is 19.3 Å². The van der Waals surface area contributed by atoms with E-state index in [-0.39, 0.29) is 18.2 Å². The first-order valence-corrected chi connectivity index (χ1v) is 6.94. The number of rotatable bonds is 6. The highest BCUT2D eigenvalue weighted by Crippen LogP contribution is 2.15. The van der Waals surface area contributed by atoms with Gasteiger partial charge in [0.15, 0.2) is 0 Å². The Morgan fingerprint density at radius 3 is 2.33 bits per heavy atom. The van der Waals surface area contributed by atoms with Gasteiger partial charge in [0.1, 0.15) is 0 Å². The van der Waals surface area contributed by atoms with Crippen LogP contribution in [0.3, 0.4) is 0 Å². The molecule has 0 spiro atoms. The first-order valence-electron chi connectivity index (χ1n) is 6.94. The molecule has 21 heavy (non-hydrogen) atoms. The summed E-state index contributed by atoms with van der Waals surface area (Å²) in [5.41, 5.74) is 1.16. The fraction of sp³-hybridized carbons (Fsp3) is 0.562. The molecular formula is C16H25NO4. The van der Waals surface area contributed by atoms with Crippen LogP contribution in [0.2, 0.25) is 0 Å². The molecule has 5 nitrogen and oxygen atoms in total. The van der Waals surface area contributed by atoms with Crippen molar-refractivity contribution in [3.63, 3.8) is 0 Å². The summed E-state index contributed by atoms with van der Waals surface area (Å²) in [4.78, 5) is 13.3. The van der Waals surface area contributed by atoms with Gasteiger partial charge in [-0.25, -0.2) is 4.79 Å². The van der Waals surface area contributed by atoms with Crippen molar-refractivity contribution in [3.8, 4) is 0 Å². The smallest absolute Gasteiger partial charge is 0.337 e. The number of benzene rings is 1. The number of carbonyl (C=O) groups is 1. The molecule has 1 aromatic carbocycles. The molecule has 0 radical (unpaired) electrons. The number of anilines is 1. The molecule has 0 aliphatic heterocycles. The van der Waals surface area contributed by atoms with Gasteiger partial charge in [-0.05, 0) is 45.0 Å². The minimum Gasteiger partial charge on any atom is -0.465 e. The van der Waals surface area contributed by atoms with Gasteiger partial charge in [-0.3, -0.25) is 0 Å². The fourth-order valence-electron chi connectivity index (χ4n) is 1.79. The Morgan fingerprint density at radius 2 is 1.86 bits per heavy atom. The average molecular weight is 295 g/mol. The lowest BCUT2D eigenvalue weighted by molar-refractivity contribution is -0.0461. The number of carbonyl (C=O) groups excluding carboxylic acids is 1. The summed E-state index contributed by atoms with van der Waals surface area (Å²) in [7, 11) is 3.24. The van der Waals surface area contributed by atoms with Crippen LogP contribution in [0.15, 0.2) is 24.3 Å². The normalized spacial score (nSPS) is 12.9. The number of likely N-dealkylation sites (N-methyl/N-ethyl adjacent to an activating group) is 1. The minimum atomic E-state index is -0.575. The molecule has 1 rings (SSSR count). The third-order valence-electron chi connectivity index (χ3n) is 2.92. The molecule has 5 heteroatoms. The summed E-state index contributed by atoms with van der Waals surface area (Å²) in [6, 6.07) is 7.05. The zero-order chi connectivity index (χ0) is 16.0. The largest absolute Gasteiger partial charge is 0.465 e. The highest BCUT2D eigenvalue weighted by atomic mass is 16.5. The predicted octanol–water partition coefficient (Wildman–Crippen LogP) is 2.09. The number of hydrogen-bond acceptors (Lipinski definition) is 5. The standard InChI is InChI=1S/C16H25NO4/c1-16(2,3)21-11-14(18)10-17(4)13-8-6-12(7-9-13)15(19)20-5/h6-9,14,18H,10-11H2,1-5H3. The molecule has 0 heterocycles. The van der Waals surface area contributed by atoms with E-state index in [2.05, 4.69) is 4.74 Å². The number of esters is 1. The fourth-order valence-corrected chi connectivity index (χ4v) is 1.79. The van der Waals surface area contributed by atoms with Gasteiger partial charge in [-0.2, -0.15) is 0 Å². The lowest BCUT2D eigenvalue weighted by Gasteiger charge is -2.26. The summed E-state index contributed by atoms with van der Waals surface area (Å²) < 4.78 is 10.2. The maximum absolute atomic E-state index is 11.4. The predicted molar refractivity (Wildman–Crippen MR) is 82.8 cm³/mol. The van der Waals surface area contributed by atoms with E-state index >= 15 is 0 Å². The van der Waals surface area contributed by atoms with Crippen molar-refractivity contribution in [1.82, 2.24) is 0 Å². The molecule has 1 N–H and O–H groups in total. The molecule has 1 aromatic rings. The summed E-state index contributed by atoms with van der Waals surface area (Å²) in [6.07, 6.45) is -0.575. The Kier molecular flexibility index (Phi) is 6.18. The van der Waals surface area contributed by atoms with E-state index in [4.69, 9.17) is 4.74 Å². The highest BCUT2D eigenvalue weighted by Gasteiger charge is 2.15. The van der Waals surface area contributed by atoms with Crippen LogP contribution in [0.25, 0.3) is 0 Å². The zero-order valence-corrected chi connectivity index (χ0v) is 13.4. The van der Waals surface area contributed by atoms with E-state index in [0.717, 1.165) is 5.69 Å². The molecule has 0 saturated carbocycles. The van der Waals surface area contributed by atoms with E-state index in [9.17, 15) is 9.90 Å². The molecule has 118 valence electrons. The molecule has 0 aliphatic carbocycles. The van der Waals surface area contributed by atoms with E-state index in [1.807, 2.05) is 44.9 Å². The number of aliphatic hydroxyl groups excluding tert-OH is 1. The van der Waals surface area contributed by atoms with Gasteiger partial charge in [0.2, 0.25) is 0 Å². The zero-order valence-electron chi connectivity index (χ0n) is 13.4. The van der Waals surface area contributed by atoms with E-state index in [1.54, 1.807) is 12.1 Å². The molecule has 0 aliphatic rings. The first-order chi connectivity index (χ1) is 9.73. The first kappa shape index (κ1) is 17.5. The van der Waals surface area contributed by atoms with Crippen LogP contribution in [-0.2, 0) is 9.47 Å². The van der Waals surface area contributed by atoms with Gasteiger partial charge >= 0.3 is 5.97 Å². The number of aliphatic hydroxyl groups is 1. The van der Waals surface area contributed by atoms with Crippen molar-refractivity contribution in [3.05, 3.63) is 29.8 Å².